The number of hydrogen-bond donors (Lipinski definition) is 0. The molecule has 0 amide bonds. The van der Waals surface area contributed by atoms with Crippen LogP contribution in [-0.4, -0.2) is 51.6 Å². The maximum atomic E-state index is 13.6. The Morgan fingerprint density at radius 1 is 1.21 bits per heavy atom. The van der Waals surface area contributed by atoms with Crippen molar-refractivity contribution in [2.24, 2.45) is 0 Å². The Balaban J connectivity index is 1.73. The number of rotatable bonds is 8. The van der Waals surface area contributed by atoms with Crippen molar-refractivity contribution < 1.29 is 19.1 Å². The van der Waals surface area contributed by atoms with Gasteiger partial charge in [0, 0.05) is 24.2 Å². The van der Waals surface area contributed by atoms with Crippen molar-refractivity contribution in [2.75, 3.05) is 18.0 Å². The molecule has 0 spiro atoms. The lowest BCUT2D eigenvalue weighted by Crippen LogP contribution is -2.41. The van der Waals surface area contributed by atoms with Gasteiger partial charge in [-0.1, -0.05) is 19.9 Å². The normalized spacial score (nSPS) is 16.5. The SMILES string of the molecule is CC(C)c1csc(/C=C/c2ccn3c(=O)c(/C=C/C(=O)OC(C)(C)C)c(N4CCC[C@H](OC=O)C4)nc3c2)n1. The molecule has 1 atom stereocenters. The highest BCUT2D eigenvalue weighted by Gasteiger charge is 2.25. The van der Waals surface area contributed by atoms with Crippen molar-refractivity contribution in [1.29, 1.82) is 0 Å². The summed E-state index contributed by atoms with van der Waals surface area (Å²) in [5.74, 6) is 0.243. The van der Waals surface area contributed by atoms with Gasteiger partial charge in [-0.25, -0.2) is 14.8 Å². The Morgan fingerprint density at radius 2 is 2.00 bits per heavy atom. The molecule has 1 aliphatic rings. The van der Waals surface area contributed by atoms with Gasteiger partial charge in [0.2, 0.25) is 0 Å². The molecule has 0 aromatic carbocycles. The fourth-order valence-corrected chi connectivity index (χ4v) is 5.13. The van der Waals surface area contributed by atoms with E-state index >= 15 is 0 Å². The van der Waals surface area contributed by atoms with Crippen LogP contribution in [0, 0.1) is 0 Å². The first-order valence-electron chi connectivity index (χ1n) is 13.0. The van der Waals surface area contributed by atoms with Gasteiger partial charge < -0.3 is 14.4 Å². The molecule has 1 fully saturated rings. The molecule has 4 heterocycles. The molecule has 0 unspecified atom stereocenters. The van der Waals surface area contributed by atoms with Gasteiger partial charge in [0.1, 0.15) is 28.2 Å². The number of thiazole rings is 1. The van der Waals surface area contributed by atoms with Gasteiger partial charge in [-0.2, -0.15) is 0 Å². The van der Waals surface area contributed by atoms with Gasteiger partial charge in [0.15, 0.2) is 0 Å². The number of anilines is 1. The predicted octanol–water partition coefficient (Wildman–Crippen LogP) is 4.94. The molecule has 206 valence electrons. The molecule has 3 aromatic rings. The van der Waals surface area contributed by atoms with Gasteiger partial charge in [-0.3, -0.25) is 14.0 Å². The maximum absolute atomic E-state index is 13.6. The van der Waals surface area contributed by atoms with Crippen molar-refractivity contribution >= 4 is 53.5 Å². The number of fused-ring (bicyclic) bond motifs is 1. The second-order valence-corrected chi connectivity index (χ2v) is 11.6. The highest BCUT2D eigenvalue weighted by molar-refractivity contribution is 7.10. The average Bonchev–Trinajstić information content (AvgIpc) is 3.36. The number of nitrogens with zero attached hydrogens (tertiary/aromatic N) is 4. The predicted molar refractivity (Wildman–Crippen MR) is 154 cm³/mol. The Labute approximate surface area is 231 Å². The lowest BCUT2D eigenvalue weighted by molar-refractivity contribution is -0.148. The summed E-state index contributed by atoms with van der Waals surface area (Å²) in [5.41, 5.74) is 1.68. The summed E-state index contributed by atoms with van der Waals surface area (Å²) in [6.45, 7) is 11.0. The van der Waals surface area contributed by atoms with Crippen LogP contribution in [0.3, 0.4) is 0 Å². The minimum absolute atomic E-state index is 0.261. The van der Waals surface area contributed by atoms with E-state index in [2.05, 4.69) is 24.2 Å². The van der Waals surface area contributed by atoms with Crippen LogP contribution in [0.4, 0.5) is 5.82 Å². The fourth-order valence-electron chi connectivity index (χ4n) is 4.26. The van der Waals surface area contributed by atoms with Gasteiger partial charge in [-0.15, -0.1) is 11.3 Å². The van der Waals surface area contributed by atoms with Crippen LogP contribution in [0.15, 0.2) is 34.6 Å². The van der Waals surface area contributed by atoms with E-state index < -0.39 is 11.6 Å². The lowest BCUT2D eigenvalue weighted by Gasteiger charge is -2.33. The van der Waals surface area contributed by atoms with Crippen LogP contribution in [0.25, 0.3) is 23.9 Å². The fraction of sp³-hybridized carbons (Fsp3) is 0.414. The molecule has 0 radical (unpaired) electrons. The molecular formula is C29H34N4O5S. The Bertz CT molecular complexity index is 1460. The van der Waals surface area contributed by atoms with Crippen LogP contribution in [0.5, 0.6) is 0 Å². The van der Waals surface area contributed by atoms with Crippen molar-refractivity contribution in [3.05, 3.63) is 62.0 Å². The Kier molecular flexibility index (Phi) is 8.64. The van der Waals surface area contributed by atoms with E-state index in [0.29, 0.717) is 36.9 Å². The van der Waals surface area contributed by atoms with Crippen LogP contribution in [0.1, 0.15) is 75.2 Å². The average molecular weight is 551 g/mol. The first-order chi connectivity index (χ1) is 18.5. The zero-order valence-electron chi connectivity index (χ0n) is 22.9. The lowest BCUT2D eigenvalue weighted by atomic mass is 10.1. The molecule has 1 aliphatic heterocycles. The number of carbonyl (C=O) groups excluding carboxylic acids is 2. The summed E-state index contributed by atoms with van der Waals surface area (Å²) in [6.07, 6.45) is 9.47. The molecule has 0 N–H and O–H groups in total. The molecule has 1 saturated heterocycles. The summed E-state index contributed by atoms with van der Waals surface area (Å²) in [4.78, 5) is 48.4. The van der Waals surface area contributed by atoms with Crippen molar-refractivity contribution in [3.8, 4) is 0 Å². The summed E-state index contributed by atoms with van der Waals surface area (Å²) < 4.78 is 12.0. The molecule has 10 heteroatoms. The summed E-state index contributed by atoms with van der Waals surface area (Å²) >= 11 is 1.58. The molecule has 3 aromatic heterocycles. The third-order valence-electron chi connectivity index (χ3n) is 6.14. The van der Waals surface area contributed by atoms with Crippen LogP contribution in [0.2, 0.25) is 0 Å². The third-order valence-corrected chi connectivity index (χ3v) is 6.97. The van der Waals surface area contributed by atoms with E-state index in [1.54, 1.807) is 38.3 Å². The highest BCUT2D eigenvalue weighted by atomic mass is 32.1. The smallest absolute Gasteiger partial charge is 0.331 e. The maximum Gasteiger partial charge on any atom is 0.331 e. The first kappa shape index (κ1) is 28.2. The second kappa shape index (κ2) is 11.9. The number of esters is 1. The van der Waals surface area contributed by atoms with Crippen molar-refractivity contribution in [3.63, 3.8) is 0 Å². The van der Waals surface area contributed by atoms with E-state index in [1.807, 2.05) is 29.2 Å². The minimum atomic E-state index is -0.661. The van der Waals surface area contributed by atoms with Crippen LogP contribution < -0.4 is 10.5 Å². The number of pyridine rings is 1. The number of piperidine rings is 1. The molecule has 0 aliphatic carbocycles. The van der Waals surface area contributed by atoms with Crippen molar-refractivity contribution in [2.45, 2.75) is 65.1 Å². The minimum Gasteiger partial charge on any atom is -0.463 e. The molecule has 0 bridgehead atoms. The van der Waals surface area contributed by atoms with Gasteiger partial charge >= 0.3 is 5.97 Å². The summed E-state index contributed by atoms with van der Waals surface area (Å²) in [7, 11) is 0. The standard InChI is InChI=1S/C29H34N4O5S/c1-19(2)23-17-39-25(30-23)10-8-20-12-14-33-24(15-20)31-27(32-13-6-7-21(16-32)37-18-34)22(28(33)36)9-11-26(35)38-29(3,4)5/h8-12,14-15,17-19,21H,6-7,13,16H2,1-5H3/b10-8+,11-9+/t21-/m0/s1. The number of carbonyl (C=O) groups is 2. The molecule has 9 nitrogen and oxygen atoms in total. The van der Waals surface area contributed by atoms with E-state index in [0.717, 1.165) is 29.1 Å². The topological polar surface area (TPSA) is 103 Å². The monoisotopic (exact) mass is 550 g/mol. The highest BCUT2D eigenvalue weighted by Crippen LogP contribution is 2.24. The van der Waals surface area contributed by atoms with Crippen molar-refractivity contribution in [1.82, 2.24) is 14.4 Å². The Hall–Kier alpha value is -3.79. The Morgan fingerprint density at radius 3 is 2.69 bits per heavy atom. The van der Waals surface area contributed by atoms with E-state index in [-0.39, 0.29) is 17.2 Å². The third kappa shape index (κ3) is 7.20. The first-order valence-corrected chi connectivity index (χ1v) is 13.9. The zero-order chi connectivity index (χ0) is 28.2. The number of hydrogen-bond acceptors (Lipinski definition) is 9. The van der Waals surface area contributed by atoms with Gasteiger partial charge in [0.25, 0.3) is 12.0 Å². The number of aromatic nitrogens is 3. The van der Waals surface area contributed by atoms with E-state index in [9.17, 15) is 14.4 Å². The van der Waals surface area contributed by atoms with Gasteiger partial charge in [-0.05, 0) is 69.4 Å². The zero-order valence-corrected chi connectivity index (χ0v) is 23.7. The quantitative estimate of drug-likeness (QED) is 0.221. The number of ether oxygens (including phenoxy) is 2. The molecular weight excluding hydrogens is 516 g/mol. The van der Waals surface area contributed by atoms with E-state index in [4.69, 9.17) is 14.5 Å². The summed E-state index contributed by atoms with van der Waals surface area (Å²) in [5, 5.41) is 2.96. The molecule has 39 heavy (non-hydrogen) atoms. The molecule has 4 rings (SSSR count). The largest absolute Gasteiger partial charge is 0.463 e. The summed E-state index contributed by atoms with van der Waals surface area (Å²) in [6, 6.07) is 3.67. The van der Waals surface area contributed by atoms with Crippen LogP contribution >= 0.6 is 11.3 Å². The molecule has 0 saturated carbocycles. The van der Waals surface area contributed by atoms with Gasteiger partial charge in [0.05, 0.1) is 17.8 Å². The van der Waals surface area contributed by atoms with Crippen LogP contribution in [-0.2, 0) is 19.1 Å². The second-order valence-electron chi connectivity index (χ2n) is 10.8. The van der Waals surface area contributed by atoms with E-state index in [1.165, 1.54) is 16.6 Å².